The molecule has 172 valence electrons. The molecule has 12 heteroatoms. The number of nitrogens with two attached hydrogens (primary N) is 1. The molecule has 2 aromatic rings. The zero-order valence-corrected chi connectivity index (χ0v) is 18.5. The maximum Gasteiger partial charge on any atom is 0.254 e. The first kappa shape index (κ1) is 22.2. The topological polar surface area (TPSA) is 134 Å². The van der Waals surface area contributed by atoms with Gasteiger partial charge in [0, 0.05) is 44.1 Å². The van der Waals surface area contributed by atoms with E-state index in [1.54, 1.807) is 19.1 Å². The summed E-state index contributed by atoms with van der Waals surface area (Å²) in [6, 6.07) is 4.94. The summed E-state index contributed by atoms with van der Waals surface area (Å²) >= 11 is 0. The third kappa shape index (κ3) is 4.91. The fourth-order valence-electron chi connectivity index (χ4n) is 3.51. The molecule has 0 atom stereocenters. The molecule has 2 aliphatic rings. The number of rotatable bonds is 8. The van der Waals surface area contributed by atoms with Gasteiger partial charge < -0.3 is 21.3 Å². The third-order valence-electron chi connectivity index (χ3n) is 5.51. The lowest BCUT2D eigenvalue weighted by Gasteiger charge is -2.35. The Kier molecular flexibility index (Phi) is 6.15. The van der Waals surface area contributed by atoms with Gasteiger partial charge in [-0.2, -0.15) is 9.29 Å². The van der Waals surface area contributed by atoms with Gasteiger partial charge in [0.05, 0.1) is 17.0 Å². The molecule has 0 radical (unpaired) electrons. The Morgan fingerprint density at radius 1 is 1.25 bits per heavy atom. The second-order valence-electron chi connectivity index (χ2n) is 7.82. The van der Waals surface area contributed by atoms with E-state index in [1.807, 2.05) is 4.90 Å². The van der Waals surface area contributed by atoms with E-state index in [4.69, 9.17) is 5.73 Å². The Morgan fingerprint density at radius 3 is 2.56 bits per heavy atom. The molecule has 32 heavy (non-hydrogen) atoms. The Morgan fingerprint density at radius 2 is 1.97 bits per heavy atom. The number of carbonyl (C=O) groups excluding carboxylic acids is 1. The van der Waals surface area contributed by atoms with Crippen LogP contribution in [0.25, 0.3) is 0 Å². The highest BCUT2D eigenvalue weighted by Gasteiger charge is 2.27. The van der Waals surface area contributed by atoms with Crippen molar-refractivity contribution in [2.45, 2.75) is 25.8 Å². The summed E-state index contributed by atoms with van der Waals surface area (Å²) < 4.78 is 40.3. The van der Waals surface area contributed by atoms with Gasteiger partial charge >= 0.3 is 0 Å². The van der Waals surface area contributed by atoms with Crippen LogP contribution in [0.15, 0.2) is 24.4 Å². The highest BCUT2D eigenvalue weighted by molar-refractivity contribution is 7.89. The van der Waals surface area contributed by atoms with Crippen molar-refractivity contribution in [1.82, 2.24) is 14.3 Å². The molecule has 2 heterocycles. The molecule has 2 fully saturated rings. The molecular weight excluding hydrogens is 437 g/mol. The zero-order chi connectivity index (χ0) is 22.9. The highest BCUT2D eigenvalue weighted by Crippen LogP contribution is 2.28. The van der Waals surface area contributed by atoms with Crippen molar-refractivity contribution in [2.75, 3.05) is 47.5 Å². The number of amides is 1. The van der Waals surface area contributed by atoms with Crippen molar-refractivity contribution in [3.05, 3.63) is 35.8 Å². The quantitative estimate of drug-likeness (QED) is 0.536. The smallest absolute Gasteiger partial charge is 0.254 e. The SMILES string of the molecule is CCS(=O)(=O)N1CCN(c2ccc(Nc3ncc(C(N)=O)c(NC4CC4)n3)cc2F)CC1. The summed E-state index contributed by atoms with van der Waals surface area (Å²) in [6.07, 6.45) is 3.34. The standard InChI is InChI=1S/C20H26FN7O3S/c1-2-32(30,31)28-9-7-27(8-10-28)17-6-5-14(11-16(17)21)25-20-23-12-15(18(22)29)19(26-20)24-13-3-4-13/h5-6,11-13H,2-4,7-10H2,1H3,(H2,22,29)(H2,23,24,25,26). The van der Waals surface area contributed by atoms with Crippen LogP contribution in [0, 0.1) is 5.82 Å². The minimum Gasteiger partial charge on any atom is -0.367 e. The summed E-state index contributed by atoms with van der Waals surface area (Å²) in [5.41, 5.74) is 6.45. The summed E-state index contributed by atoms with van der Waals surface area (Å²) in [7, 11) is -3.24. The van der Waals surface area contributed by atoms with Crippen molar-refractivity contribution < 1.29 is 17.6 Å². The fraction of sp³-hybridized carbons (Fsp3) is 0.450. The highest BCUT2D eigenvalue weighted by atomic mass is 32.2. The number of nitrogens with zero attached hydrogens (tertiary/aromatic N) is 4. The number of piperazine rings is 1. The number of halogens is 1. The minimum absolute atomic E-state index is 0.0576. The lowest BCUT2D eigenvalue weighted by molar-refractivity contribution is 0.100. The van der Waals surface area contributed by atoms with Gasteiger partial charge in [-0.1, -0.05) is 0 Å². The molecule has 0 spiro atoms. The van der Waals surface area contributed by atoms with Crippen LogP contribution >= 0.6 is 0 Å². The fourth-order valence-corrected chi connectivity index (χ4v) is 4.60. The summed E-state index contributed by atoms with van der Waals surface area (Å²) in [6.45, 7) is 3.09. The first-order chi connectivity index (χ1) is 15.3. The van der Waals surface area contributed by atoms with Gasteiger partial charge in [-0.05, 0) is 38.0 Å². The van der Waals surface area contributed by atoms with Crippen LogP contribution in [0.2, 0.25) is 0 Å². The molecule has 10 nitrogen and oxygen atoms in total. The molecule has 1 saturated carbocycles. The van der Waals surface area contributed by atoms with E-state index in [1.165, 1.54) is 16.6 Å². The molecule has 1 amide bonds. The van der Waals surface area contributed by atoms with Crippen LogP contribution in [0.4, 0.5) is 27.5 Å². The van der Waals surface area contributed by atoms with Crippen LogP contribution in [-0.4, -0.2) is 66.6 Å². The first-order valence-electron chi connectivity index (χ1n) is 10.5. The predicted molar refractivity (Wildman–Crippen MR) is 120 cm³/mol. The largest absolute Gasteiger partial charge is 0.367 e. The number of hydrogen-bond acceptors (Lipinski definition) is 8. The second kappa shape index (κ2) is 8.87. The molecule has 4 rings (SSSR count). The number of sulfonamides is 1. The average molecular weight is 464 g/mol. The summed E-state index contributed by atoms with van der Waals surface area (Å²) in [4.78, 5) is 21.9. The van der Waals surface area contributed by atoms with Crippen molar-refractivity contribution in [3.8, 4) is 0 Å². The van der Waals surface area contributed by atoms with E-state index in [2.05, 4.69) is 20.6 Å². The Bertz CT molecular complexity index is 1120. The van der Waals surface area contributed by atoms with Crippen LogP contribution in [-0.2, 0) is 10.0 Å². The number of carbonyl (C=O) groups is 1. The molecule has 1 saturated heterocycles. The second-order valence-corrected chi connectivity index (χ2v) is 10.1. The molecule has 0 bridgehead atoms. The van der Waals surface area contributed by atoms with Crippen molar-refractivity contribution in [1.29, 1.82) is 0 Å². The summed E-state index contributed by atoms with van der Waals surface area (Å²) in [5, 5.41) is 6.10. The van der Waals surface area contributed by atoms with Gasteiger partial charge in [0.15, 0.2) is 0 Å². The van der Waals surface area contributed by atoms with E-state index < -0.39 is 21.7 Å². The number of hydrogen-bond donors (Lipinski definition) is 3. The number of benzene rings is 1. The molecule has 4 N–H and O–H groups in total. The number of anilines is 4. The predicted octanol–water partition coefficient (Wildman–Crippen LogP) is 1.50. The Labute approximate surface area is 186 Å². The molecule has 0 unspecified atom stereocenters. The lowest BCUT2D eigenvalue weighted by Crippen LogP contribution is -2.49. The van der Waals surface area contributed by atoms with E-state index >= 15 is 0 Å². The van der Waals surface area contributed by atoms with Gasteiger partial charge in [0.2, 0.25) is 16.0 Å². The molecular formula is C20H26FN7O3S. The number of aromatic nitrogens is 2. The van der Waals surface area contributed by atoms with Gasteiger partial charge in [-0.15, -0.1) is 0 Å². The zero-order valence-electron chi connectivity index (χ0n) is 17.7. The molecule has 1 aliphatic heterocycles. The van der Waals surface area contributed by atoms with Gasteiger partial charge in [0.1, 0.15) is 11.6 Å². The minimum atomic E-state index is -3.24. The average Bonchev–Trinajstić information content (AvgIpc) is 3.58. The van der Waals surface area contributed by atoms with Gasteiger partial charge in [-0.25, -0.2) is 17.8 Å². The Hall–Kier alpha value is -2.99. The van der Waals surface area contributed by atoms with Gasteiger partial charge in [0.25, 0.3) is 5.91 Å². The van der Waals surface area contributed by atoms with Gasteiger partial charge in [-0.3, -0.25) is 4.79 Å². The third-order valence-corrected chi connectivity index (χ3v) is 7.40. The van der Waals surface area contributed by atoms with E-state index in [9.17, 15) is 17.6 Å². The molecule has 1 aromatic carbocycles. The lowest BCUT2D eigenvalue weighted by atomic mass is 10.2. The first-order valence-corrected chi connectivity index (χ1v) is 12.1. The van der Waals surface area contributed by atoms with Crippen LogP contribution < -0.4 is 21.3 Å². The van der Waals surface area contributed by atoms with Crippen molar-refractivity contribution in [2.24, 2.45) is 5.73 Å². The summed E-state index contributed by atoms with van der Waals surface area (Å²) in [5.74, 6) is -0.436. The van der Waals surface area contributed by atoms with Crippen LogP contribution in [0.3, 0.4) is 0 Å². The number of nitrogens with one attached hydrogen (secondary N) is 2. The molecule has 1 aliphatic carbocycles. The maximum atomic E-state index is 14.8. The van der Waals surface area contributed by atoms with Crippen LogP contribution in [0.5, 0.6) is 0 Å². The monoisotopic (exact) mass is 463 g/mol. The number of primary amides is 1. The van der Waals surface area contributed by atoms with E-state index in [0.29, 0.717) is 43.4 Å². The van der Waals surface area contributed by atoms with E-state index in [-0.39, 0.29) is 23.3 Å². The van der Waals surface area contributed by atoms with Crippen molar-refractivity contribution in [3.63, 3.8) is 0 Å². The van der Waals surface area contributed by atoms with Crippen molar-refractivity contribution >= 4 is 39.1 Å². The molecule has 1 aromatic heterocycles. The van der Waals surface area contributed by atoms with Crippen LogP contribution in [0.1, 0.15) is 30.1 Å². The maximum absolute atomic E-state index is 14.8. The Balaban J connectivity index is 1.45. The normalized spacial score (nSPS) is 17.2. The van der Waals surface area contributed by atoms with E-state index in [0.717, 1.165) is 12.8 Å².